The fourth-order valence-corrected chi connectivity index (χ4v) is 2.30. The molecule has 2 fully saturated rings. The normalized spacial score (nSPS) is 25.0. The summed E-state index contributed by atoms with van der Waals surface area (Å²) in [7, 11) is 0. The standard InChI is InChI=1S/2C8H15NO/c2*1-2-5-9-7-8-4-3-6-10-8/h2*2,8-9H,1,3-7H2/t2*8-/m10/s1. The molecule has 0 aliphatic carbocycles. The maximum absolute atomic E-state index is 5.40. The van der Waals surface area contributed by atoms with Crippen LogP contribution in [0.2, 0.25) is 0 Å². The molecule has 4 nitrogen and oxygen atoms in total. The summed E-state index contributed by atoms with van der Waals surface area (Å²) < 4.78 is 10.8. The molecule has 0 aromatic rings. The molecular formula is C16H30N2O2. The van der Waals surface area contributed by atoms with E-state index in [0.29, 0.717) is 12.2 Å². The number of hydrogen-bond donors (Lipinski definition) is 2. The molecule has 0 unspecified atom stereocenters. The minimum absolute atomic E-state index is 0.458. The van der Waals surface area contributed by atoms with Gasteiger partial charge in [0.05, 0.1) is 12.2 Å². The van der Waals surface area contributed by atoms with Crippen LogP contribution in [0.1, 0.15) is 25.7 Å². The van der Waals surface area contributed by atoms with Gasteiger partial charge in [0.15, 0.2) is 0 Å². The van der Waals surface area contributed by atoms with Crippen molar-refractivity contribution in [3.63, 3.8) is 0 Å². The molecule has 0 amide bonds. The van der Waals surface area contributed by atoms with Gasteiger partial charge in [-0.15, -0.1) is 13.2 Å². The number of ether oxygens (including phenoxy) is 2. The van der Waals surface area contributed by atoms with Crippen LogP contribution in [0.3, 0.4) is 0 Å². The van der Waals surface area contributed by atoms with Crippen molar-refractivity contribution in [3.05, 3.63) is 25.3 Å². The van der Waals surface area contributed by atoms with E-state index in [2.05, 4.69) is 23.8 Å². The molecule has 4 heteroatoms. The summed E-state index contributed by atoms with van der Waals surface area (Å²) in [5.74, 6) is 0. The lowest BCUT2D eigenvalue weighted by atomic mass is 10.2. The first kappa shape index (κ1) is 17.4. The molecule has 0 saturated carbocycles. The Morgan fingerprint density at radius 3 is 1.60 bits per heavy atom. The van der Waals surface area contributed by atoms with Crippen molar-refractivity contribution in [2.75, 3.05) is 39.4 Å². The largest absolute Gasteiger partial charge is 0.377 e. The molecule has 2 atom stereocenters. The van der Waals surface area contributed by atoms with Crippen molar-refractivity contribution in [1.82, 2.24) is 10.6 Å². The van der Waals surface area contributed by atoms with E-state index in [-0.39, 0.29) is 0 Å². The van der Waals surface area contributed by atoms with Crippen molar-refractivity contribution < 1.29 is 9.47 Å². The van der Waals surface area contributed by atoms with Gasteiger partial charge in [0.2, 0.25) is 0 Å². The van der Waals surface area contributed by atoms with Gasteiger partial charge in [0, 0.05) is 39.4 Å². The van der Waals surface area contributed by atoms with E-state index in [9.17, 15) is 0 Å². The minimum atomic E-state index is 0.458. The first-order valence-corrected chi connectivity index (χ1v) is 7.73. The van der Waals surface area contributed by atoms with Crippen LogP contribution in [0, 0.1) is 0 Å². The Balaban J connectivity index is 0.000000200. The quantitative estimate of drug-likeness (QED) is 0.527. The Labute approximate surface area is 123 Å². The molecule has 2 heterocycles. The van der Waals surface area contributed by atoms with Gasteiger partial charge in [-0.05, 0) is 25.7 Å². The SMILES string of the molecule is C=CCNC[C@@H]1CCCO1.C=CCNC[C@H]1CCCO1. The van der Waals surface area contributed by atoms with Gasteiger partial charge in [0.1, 0.15) is 0 Å². The molecular weight excluding hydrogens is 252 g/mol. The van der Waals surface area contributed by atoms with E-state index >= 15 is 0 Å². The first-order valence-electron chi connectivity index (χ1n) is 7.73. The third kappa shape index (κ3) is 8.48. The highest BCUT2D eigenvalue weighted by molar-refractivity contribution is 4.74. The monoisotopic (exact) mass is 282 g/mol. The van der Waals surface area contributed by atoms with Gasteiger partial charge in [-0.1, -0.05) is 12.2 Å². The molecule has 0 aromatic heterocycles. The number of rotatable bonds is 8. The molecule has 0 bridgehead atoms. The molecule has 2 N–H and O–H groups in total. The Morgan fingerprint density at radius 2 is 1.30 bits per heavy atom. The summed E-state index contributed by atoms with van der Waals surface area (Å²) in [6.45, 7) is 12.9. The molecule has 116 valence electrons. The lowest BCUT2D eigenvalue weighted by molar-refractivity contribution is 0.111. The van der Waals surface area contributed by atoms with Gasteiger partial charge in [0.25, 0.3) is 0 Å². The molecule has 0 aromatic carbocycles. The van der Waals surface area contributed by atoms with E-state index in [4.69, 9.17) is 9.47 Å². The van der Waals surface area contributed by atoms with E-state index in [1.807, 2.05) is 12.2 Å². The lowest BCUT2D eigenvalue weighted by Gasteiger charge is -2.08. The molecule has 2 aliphatic heterocycles. The second kappa shape index (κ2) is 12.1. The first-order chi connectivity index (χ1) is 9.86. The predicted octanol–water partition coefficient (Wildman–Crippen LogP) is 1.88. The van der Waals surface area contributed by atoms with Crippen LogP contribution in [-0.4, -0.2) is 51.6 Å². The van der Waals surface area contributed by atoms with E-state index < -0.39 is 0 Å². The number of nitrogens with one attached hydrogen (secondary N) is 2. The van der Waals surface area contributed by atoms with Gasteiger partial charge in [-0.25, -0.2) is 0 Å². The molecule has 2 aliphatic rings. The van der Waals surface area contributed by atoms with Gasteiger partial charge >= 0.3 is 0 Å². The summed E-state index contributed by atoms with van der Waals surface area (Å²) in [6, 6.07) is 0. The van der Waals surface area contributed by atoms with Crippen LogP contribution in [0.15, 0.2) is 25.3 Å². The zero-order valence-electron chi connectivity index (χ0n) is 12.6. The topological polar surface area (TPSA) is 42.5 Å². The highest BCUT2D eigenvalue weighted by Crippen LogP contribution is 2.10. The lowest BCUT2D eigenvalue weighted by Crippen LogP contribution is -2.26. The van der Waals surface area contributed by atoms with Crippen LogP contribution in [0.4, 0.5) is 0 Å². The van der Waals surface area contributed by atoms with Gasteiger partial charge in [-0.3, -0.25) is 0 Å². The van der Waals surface area contributed by atoms with Gasteiger partial charge in [-0.2, -0.15) is 0 Å². The summed E-state index contributed by atoms with van der Waals surface area (Å²) >= 11 is 0. The maximum atomic E-state index is 5.40. The van der Waals surface area contributed by atoms with Crippen molar-refractivity contribution >= 4 is 0 Å². The Hall–Kier alpha value is -0.680. The Bertz CT molecular complexity index is 221. The van der Waals surface area contributed by atoms with Crippen molar-refractivity contribution in [1.29, 1.82) is 0 Å². The van der Waals surface area contributed by atoms with Crippen LogP contribution >= 0.6 is 0 Å². The maximum Gasteiger partial charge on any atom is 0.0700 e. The second-order valence-electron chi connectivity index (χ2n) is 5.16. The smallest absolute Gasteiger partial charge is 0.0700 e. The minimum Gasteiger partial charge on any atom is -0.377 e. The zero-order valence-corrected chi connectivity index (χ0v) is 12.6. The average molecular weight is 282 g/mol. The molecule has 2 saturated heterocycles. The molecule has 20 heavy (non-hydrogen) atoms. The predicted molar refractivity (Wildman–Crippen MR) is 84.1 cm³/mol. The summed E-state index contributed by atoms with van der Waals surface area (Å²) in [4.78, 5) is 0. The third-order valence-corrected chi connectivity index (χ3v) is 3.37. The third-order valence-electron chi connectivity index (χ3n) is 3.37. The van der Waals surface area contributed by atoms with E-state index in [1.54, 1.807) is 0 Å². The summed E-state index contributed by atoms with van der Waals surface area (Å²) in [5.41, 5.74) is 0. The Morgan fingerprint density at radius 1 is 0.850 bits per heavy atom. The molecule has 2 rings (SSSR count). The van der Waals surface area contributed by atoms with Crippen molar-refractivity contribution in [2.24, 2.45) is 0 Å². The highest BCUT2D eigenvalue weighted by Gasteiger charge is 2.14. The summed E-state index contributed by atoms with van der Waals surface area (Å²) in [5, 5.41) is 6.47. The van der Waals surface area contributed by atoms with Crippen LogP contribution in [0.5, 0.6) is 0 Å². The fourth-order valence-electron chi connectivity index (χ4n) is 2.30. The average Bonchev–Trinajstić information content (AvgIpc) is 3.13. The molecule has 0 spiro atoms. The molecule has 0 radical (unpaired) electrons. The van der Waals surface area contributed by atoms with Crippen LogP contribution in [-0.2, 0) is 9.47 Å². The van der Waals surface area contributed by atoms with Crippen molar-refractivity contribution in [3.8, 4) is 0 Å². The van der Waals surface area contributed by atoms with Crippen molar-refractivity contribution in [2.45, 2.75) is 37.9 Å². The van der Waals surface area contributed by atoms with E-state index in [1.165, 1.54) is 25.7 Å². The Kier molecular flexibility index (Phi) is 10.5. The number of hydrogen-bond acceptors (Lipinski definition) is 4. The van der Waals surface area contributed by atoms with Crippen LogP contribution in [0.25, 0.3) is 0 Å². The zero-order chi connectivity index (χ0) is 14.5. The second-order valence-corrected chi connectivity index (χ2v) is 5.16. The fraction of sp³-hybridized carbons (Fsp3) is 0.750. The van der Waals surface area contributed by atoms with Crippen LogP contribution < -0.4 is 10.6 Å². The van der Waals surface area contributed by atoms with E-state index in [0.717, 1.165) is 39.4 Å². The summed E-state index contributed by atoms with van der Waals surface area (Å²) in [6.07, 6.45) is 9.53. The highest BCUT2D eigenvalue weighted by atomic mass is 16.5. The van der Waals surface area contributed by atoms with Gasteiger partial charge < -0.3 is 20.1 Å².